The zero-order valence-electron chi connectivity index (χ0n) is 15.5. The number of hydrogen-bond donors (Lipinski definition) is 0. The van der Waals surface area contributed by atoms with Crippen molar-refractivity contribution in [1.82, 2.24) is 4.98 Å². The third-order valence-electron chi connectivity index (χ3n) is 4.02. The molecule has 0 atom stereocenters. The van der Waals surface area contributed by atoms with Crippen molar-refractivity contribution >= 4 is 11.6 Å². The number of carbonyl (C=O) groups is 1. The minimum absolute atomic E-state index is 0.141. The highest BCUT2D eigenvalue weighted by molar-refractivity contribution is 5.93. The van der Waals surface area contributed by atoms with E-state index in [1.165, 1.54) is 6.92 Å². The van der Waals surface area contributed by atoms with Gasteiger partial charge in [-0.15, -0.1) is 6.42 Å². The maximum absolute atomic E-state index is 12.4. The smallest absolute Gasteiger partial charge is 0.224 e. The average Bonchev–Trinajstić information content (AvgIpc) is 2.72. The number of pyridine rings is 1. The third-order valence-corrected chi connectivity index (χ3v) is 4.02. The van der Waals surface area contributed by atoms with Crippen LogP contribution in [0.1, 0.15) is 12.5 Å². The maximum Gasteiger partial charge on any atom is 0.224 e. The molecule has 0 unspecified atom stereocenters. The van der Waals surface area contributed by atoms with Crippen molar-refractivity contribution in [2.75, 3.05) is 11.5 Å². The van der Waals surface area contributed by atoms with Crippen LogP contribution in [0.25, 0.3) is 0 Å². The third kappa shape index (κ3) is 4.68. The molecule has 0 aliphatic heterocycles. The number of anilines is 1. The summed E-state index contributed by atoms with van der Waals surface area (Å²) in [5.74, 6) is 4.17. The Hall–Kier alpha value is -3.78. The Balaban J connectivity index is 1.92. The summed E-state index contributed by atoms with van der Waals surface area (Å²) in [7, 11) is 0. The topological polar surface area (TPSA) is 51.7 Å². The number of rotatable bonds is 7. The zero-order valence-corrected chi connectivity index (χ0v) is 15.5. The van der Waals surface area contributed by atoms with Crippen LogP contribution in [0.4, 0.5) is 5.69 Å². The summed E-state index contributed by atoms with van der Waals surface area (Å²) in [4.78, 5) is 18.2. The molecule has 1 amide bonds. The first-order valence-electron chi connectivity index (χ1n) is 8.78. The van der Waals surface area contributed by atoms with Gasteiger partial charge in [0.25, 0.3) is 0 Å². The highest BCUT2D eigenvalue weighted by Gasteiger charge is 2.19. The van der Waals surface area contributed by atoms with Crippen LogP contribution in [0, 0.1) is 12.3 Å². The van der Waals surface area contributed by atoms with Gasteiger partial charge in [0.15, 0.2) is 5.75 Å². The van der Waals surface area contributed by atoms with Gasteiger partial charge in [0, 0.05) is 24.8 Å². The van der Waals surface area contributed by atoms with Gasteiger partial charge in [-0.2, -0.15) is 0 Å². The molecule has 0 radical (unpaired) electrons. The van der Waals surface area contributed by atoms with Crippen molar-refractivity contribution in [3.8, 4) is 29.6 Å². The molecule has 3 rings (SSSR count). The minimum atomic E-state index is -0.141. The van der Waals surface area contributed by atoms with Crippen LogP contribution in [0.2, 0.25) is 0 Å². The second-order valence-corrected chi connectivity index (χ2v) is 5.96. The van der Waals surface area contributed by atoms with Gasteiger partial charge in [-0.1, -0.05) is 42.3 Å². The number of carbonyl (C=O) groups excluding carboxylic acids is 1. The van der Waals surface area contributed by atoms with Crippen LogP contribution < -0.4 is 14.4 Å². The van der Waals surface area contributed by atoms with Crippen molar-refractivity contribution in [2.24, 2.45) is 0 Å². The van der Waals surface area contributed by atoms with Gasteiger partial charge >= 0.3 is 0 Å². The molecule has 0 aliphatic rings. The van der Waals surface area contributed by atoms with Gasteiger partial charge in [-0.25, -0.2) is 0 Å². The van der Waals surface area contributed by atoms with Crippen LogP contribution >= 0.6 is 0 Å². The molecule has 0 saturated heterocycles. The molecule has 0 fully saturated rings. The number of hydrogen-bond acceptors (Lipinski definition) is 4. The van der Waals surface area contributed by atoms with Crippen molar-refractivity contribution in [3.05, 3.63) is 78.6 Å². The number of amides is 1. The van der Waals surface area contributed by atoms with E-state index in [9.17, 15) is 4.79 Å². The standard InChI is InChI=1S/C23H20N2O3/c1-3-15-27-22-12-8-7-9-19(22)17-25(18(2)26)21-16-24-14-13-23(21)28-20-10-5-4-6-11-20/h1,4-14,16H,15,17H2,2H3. The Morgan fingerprint density at radius 1 is 1.07 bits per heavy atom. The fourth-order valence-corrected chi connectivity index (χ4v) is 2.71. The first kappa shape index (κ1) is 19.0. The van der Waals surface area contributed by atoms with Crippen molar-refractivity contribution in [3.63, 3.8) is 0 Å². The molecule has 0 N–H and O–H groups in total. The van der Waals surface area contributed by atoms with E-state index in [2.05, 4.69) is 10.9 Å². The predicted octanol–water partition coefficient (Wildman–Crippen LogP) is 4.44. The summed E-state index contributed by atoms with van der Waals surface area (Å²) in [5, 5.41) is 0. The van der Waals surface area contributed by atoms with E-state index in [0.29, 0.717) is 29.5 Å². The molecular weight excluding hydrogens is 352 g/mol. The molecule has 0 bridgehead atoms. The summed E-state index contributed by atoms with van der Waals surface area (Å²) in [5.41, 5.74) is 1.41. The molecule has 2 aromatic carbocycles. The maximum atomic E-state index is 12.4. The first-order valence-corrected chi connectivity index (χ1v) is 8.78. The number of terminal acetylenes is 1. The first-order chi connectivity index (χ1) is 13.7. The van der Waals surface area contributed by atoms with Gasteiger partial charge in [0.05, 0.1) is 12.7 Å². The molecule has 0 spiro atoms. The molecule has 0 aliphatic carbocycles. The fraction of sp³-hybridized carbons (Fsp3) is 0.130. The minimum Gasteiger partial charge on any atom is -0.481 e. The van der Waals surface area contributed by atoms with Crippen molar-refractivity contribution in [1.29, 1.82) is 0 Å². The Morgan fingerprint density at radius 2 is 1.82 bits per heavy atom. The van der Waals surface area contributed by atoms with Gasteiger partial charge in [-0.3, -0.25) is 9.78 Å². The van der Waals surface area contributed by atoms with Gasteiger partial charge < -0.3 is 14.4 Å². The highest BCUT2D eigenvalue weighted by Crippen LogP contribution is 2.33. The van der Waals surface area contributed by atoms with E-state index in [1.807, 2.05) is 54.6 Å². The summed E-state index contributed by atoms with van der Waals surface area (Å²) < 4.78 is 11.6. The van der Waals surface area contributed by atoms with Gasteiger partial charge in [-0.05, 0) is 18.2 Å². The van der Waals surface area contributed by atoms with E-state index in [-0.39, 0.29) is 12.5 Å². The predicted molar refractivity (Wildman–Crippen MR) is 108 cm³/mol. The second kappa shape index (κ2) is 9.24. The molecule has 1 aromatic heterocycles. The van der Waals surface area contributed by atoms with Crippen LogP contribution in [-0.4, -0.2) is 17.5 Å². The molecule has 5 heteroatoms. The van der Waals surface area contributed by atoms with Gasteiger partial charge in [0.1, 0.15) is 23.8 Å². The number of benzene rings is 2. The summed E-state index contributed by atoms with van der Waals surface area (Å²) in [6.07, 6.45) is 8.54. The van der Waals surface area contributed by atoms with E-state index in [0.717, 1.165) is 5.56 Å². The number of para-hydroxylation sites is 2. The Morgan fingerprint density at radius 3 is 2.57 bits per heavy atom. The molecular formula is C23H20N2O3. The summed E-state index contributed by atoms with van der Waals surface area (Å²) >= 11 is 0. The summed E-state index contributed by atoms with van der Waals surface area (Å²) in [6, 6.07) is 18.6. The summed E-state index contributed by atoms with van der Waals surface area (Å²) in [6.45, 7) is 1.96. The van der Waals surface area contributed by atoms with E-state index < -0.39 is 0 Å². The lowest BCUT2D eigenvalue weighted by atomic mass is 10.1. The SMILES string of the molecule is C#CCOc1ccccc1CN(C(C)=O)c1cnccc1Oc1ccccc1. The lowest BCUT2D eigenvalue weighted by Crippen LogP contribution is -2.28. The van der Waals surface area contributed by atoms with Gasteiger partial charge in [0.2, 0.25) is 5.91 Å². The van der Waals surface area contributed by atoms with Crippen molar-refractivity contribution < 1.29 is 14.3 Å². The van der Waals surface area contributed by atoms with E-state index >= 15 is 0 Å². The Labute approximate surface area is 164 Å². The largest absolute Gasteiger partial charge is 0.481 e. The quantitative estimate of drug-likeness (QED) is 0.576. The van der Waals surface area contributed by atoms with Crippen molar-refractivity contribution in [2.45, 2.75) is 13.5 Å². The Kier molecular flexibility index (Phi) is 6.27. The number of ether oxygens (including phenoxy) is 2. The van der Waals surface area contributed by atoms with Crippen LogP contribution in [-0.2, 0) is 11.3 Å². The fourth-order valence-electron chi connectivity index (χ4n) is 2.71. The zero-order chi connectivity index (χ0) is 19.8. The molecule has 5 nitrogen and oxygen atoms in total. The normalized spacial score (nSPS) is 10.0. The molecule has 0 saturated carbocycles. The monoisotopic (exact) mass is 372 g/mol. The lowest BCUT2D eigenvalue weighted by molar-refractivity contribution is -0.116. The van der Waals surface area contributed by atoms with Crippen LogP contribution in [0.15, 0.2) is 73.1 Å². The molecule has 140 valence electrons. The van der Waals surface area contributed by atoms with E-state index in [1.54, 1.807) is 23.4 Å². The van der Waals surface area contributed by atoms with Crippen LogP contribution in [0.3, 0.4) is 0 Å². The molecule has 3 aromatic rings. The highest BCUT2D eigenvalue weighted by atomic mass is 16.5. The number of nitrogens with zero attached hydrogens (tertiary/aromatic N) is 2. The lowest BCUT2D eigenvalue weighted by Gasteiger charge is -2.24. The van der Waals surface area contributed by atoms with Crippen LogP contribution in [0.5, 0.6) is 17.2 Å². The average molecular weight is 372 g/mol. The molecule has 28 heavy (non-hydrogen) atoms. The molecule has 1 heterocycles. The second-order valence-electron chi connectivity index (χ2n) is 5.96. The number of aromatic nitrogens is 1. The van der Waals surface area contributed by atoms with E-state index in [4.69, 9.17) is 15.9 Å². The Bertz CT molecular complexity index is 980.